The maximum atomic E-state index is 12.0. The Bertz CT molecular complexity index is 523. The molecule has 1 aromatic carbocycles. The number of carbonyl (C=O) groups is 1. The van der Waals surface area contributed by atoms with E-state index in [9.17, 15) is 4.79 Å². The first-order valence-electron chi connectivity index (χ1n) is 7.25. The highest BCUT2D eigenvalue weighted by molar-refractivity contribution is 5.68. The lowest BCUT2D eigenvalue weighted by Crippen LogP contribution is -2.36. The summed E-state index contributed by atoms with van der Waals surface area (Å²) in [5, 5.41) is 0. The van der Waals surface area contributed by atoms with Gasteiger partial charge >= 0.3 is 6.09 Å². The lowest BCUT2D eigenvalue weighted by molar-refractivity contribution is 0.0275. The summed E-state index contributed by atoms with van der Waals surface area (Å²) in [5.41, 5.74) is 6.99. The van der Waals surface area contributed by atoms with Gasteiger partial charge in [0.05, 0.1) is 6.54 Å². The first-order chi connectivity index (χ1) is 9.74. The number of ether oxygens (including phenoxy) is 2. The lowest BCUT2D eigenvalue weighted by atomic mass is 10.2. The number of likely N-dealkylation sites (tertiary alicyclic amines) is 1. The van der Waals surface area contributed by atoms with Gasteiger partial charge in [0.25, 0.3) is 0 Å². The molecule has 1 aromatic rings. The molecule has 1 amide bonds. The Morgan fingerprint density at radius 2 is 2.10 bits per heavy atom. The lowest BCUT2D eigenvalue weighted by Gasteiger charge is -2.24. The average molecular weight is 292 g/mol. The molecule has 2 rings (SSSR count). The minimum Gasteiger partial charge on any atom is -0.488 e. The first-order valence-corrected chi connectivity index (χ1v) is 7.25. The molecule has 0 aromatic heterocycles. The Balaban J connectivity index is 1.92. The van der Waals surface area contributed by atoms with Crippen LogP contribution in [0.4, 0.5) is 10.5 Å². The Labute approximate surface area is 126 Å². The Morgan fingerprint density at radius 1 is 1.38 bits per heavy atom. The van der Waals surface area contributed by atoms with Gasteiger partial charge in [-0.15, -0.1) is 0 Å². The first kappa shape index (κ1) is 15.5. The molecule has 0 bridgehead atoms. The van der Waals surface area contributed by atoms with Gasteiger partial charge < -0.3 is 20.1 Å². The van der Waals surface area contributed by atoms with Gasteiger partial charge in [0.1, 0.15) is 17.5 Å². The molecule has 0 aliphatic carbocycles. The van der Waals surface area contributed by atoms with E-state index in [1.165, 1.54) is 0 Å². The fourth-order valence-corrected chi connectivity index (χ4v) is 2.30. The number of nitrogen functional groups attached to an aromatic ring is 1. The smallest absolute Gasteiger partial charge is 0.410 e. The fourth-order valence-electron chi connectivity index (χ4n) is 2.30. The van der Waals surface area contributed by atoms with E-state index in [4.69, 9.17) is 15.2 Å². The van der Waals surface area contributed by atoms with Gasteiger partial charge in [0.2, 0.25) is 0 Å². The molecule has 0 radical (unpaired) electrons. The summed E-state index contributed by atoms with van der Waals surface area (Å²) in [4.78, 5) is 13.7. The largest absolute Gasteiger partial charge is 0.488 e. The topological polar surface area (TPSA) is 64.8 Å². The van der Waals surface area contributed by atoms with Crippen LogP contribution in [0.15, 0.2) is 18.2 Å². The molecule has 1 heterocycles. The Kier molecular flexibility index (Phi) is 4.30. The number of rotatable bonds is 2. The monoisotopic (exact) mass is 292 g/mol. The molecule has 1 aliphatic rings. The number of aryl methyl sites for hydroxylation is 1. The van der Waals surface area contributed by atoms with Crippen LogP contribution in [0, 0.1) is 6.92 Å². The van der Waals surface area contributed by atoms with Gasteiger partial charge in [0.15, 0.2) is 0 Å². The number of nitrogens with zero attached hydrogens (tertiary/aromatic N) is 1. The highest BCUT2D eigenvalue weighted by Gasteiger charge is 2.31. The van der Waals surface area contributed by atoms with Gasteiger partial charge in [-0.25, -0.2) is 4.79 Å². The predicted octanol–water partition coefficient (Wildman–Crippen LogP) is 2.97. The second-order valence-electron chi connectivity index (χ2n) is 6.48. The summed E-state index contributed by atoms with van der Waals surface area (Å²) in [6.45, 7) is 8.78. The molecular weight excluding hydrogens is 268 g/mol. The molecule has 0 saturated carbocycles. The minimum atomic E-state index is -0.469. The van der Waals surface area contributed by atoms with Gasteiger partial charge in [-0.2, -0.15) is 0 Å². The number of amides is 1. The third-order valence-corrected chi connectivity index (χ3v) is 3.29. The van der Waals surface area contributed by atoms with Crippen molar-refractivity contribution in [3.63, 3.8) is 0 Å². The maximum Gasteiger partial charge on any atom is 0.410 e. The van der Waals surface area contributed by atoms with Crippen molar-refractivity contribution in [2.24, 2.45) is 0 Å². The summed E-state index contributed by atoms with van der Waals surface area (Å²) < 4.78 is 11.3. The van der Waals surface area contributed by atoms with Gasteiger partial charge in [0, 0.05) is 18.7 Å². The van der Waals surface area contributed by atoms with E-state index in [-0.39, 0.29) is 12.2 Å². The molecule has 21 heavy (non-hydrogen) atoms. The van der Waals surface area contributed by atoms with E-state index < -0.39 is 5.60 Å². The average Bonchev–Trinajstić information content (AvgIpc) is 2.79. The molecule has 1 saturated heterocycles. The Morgan fingerprint density at radius 3 is 2.71 bits per heavy atom. The summed E-state index contributed by atoms with van der Waals surface area (Å²) in [7, 11) is 0. The van der Waals surface area contributed by atoms with E-state index in [1.807, 2.05) is 45.9 Å². The van der Waals surface area contributed by atoms with Crippen molar-refractivity contribution in [1.29, 1.82) is 0 Å². The van der Waals surface area contributed by atoms with Gasteiger partial charge in [-0.1, -0.05) is 0 Å². The van der Waals surface area contributed by atoms with Crippen LogP contribution < -0.4 is 10.5 Å². The van der Waals surface area contributed by atoms with Crippen molar-refractivity contribution in [2.75, 3.05) is 18.8 Å². The van der Waals surface area contributed by atoms with Crippen LogP contribution in [0.3, 0.4) is 0 Å². The van der Waals surface area contributed by atoms with Crippen LogP contribution in [-0.2, 0) is 4.74 Å². The van der Waals surface area contributed by atoms with Crippen molar-refractivity contribution >= 4 is 11.8 Å². The van der Waals surface area contributed by atoms with Crippen molar-refractivity contribution in [3.05, 3.63) is 23.8 Å². The third-order valence-electron chi connectivity index (χ3n) is 3.29. The van der Waals surface area contributed by atoms with Gasteiger partial charge in [-0.05, 0) is 51.5 Å². The minimum absolute atomic E-state index is 0.000146. The molecule has 5 heteroatoms. The van der Waals surface area contributed by atoms with Crippen LogP contribution >= 0.6 is 0 Å². The van der Waals surface area contributed by atoms with Crippen molar-refractivity contribution in [1.82, 2.24) is 4.90 Å². The van der Waals surface area contributed by atoms with E-state index in [2.05, 4.69) is 0 Å². The van der Waals surface area contributed by atoms with Crippen LogP contribution in [0.1, 0.15) is 32.8 Å². The summed E-state index contributed by atoms with van der Waals surface area (Å²) >= 11 is 0. The molecule has 5 nitrogen and oxygen atoms in total. The summed E-state index contributed by atoms with van der Waals surface area (Å²) in [6.07, 6.45) is 0.533. The van der Waals surface area contributed by atoms with Gasteiger partial charge in [-0.3, -0.25) is 0 Å². The van der Waals surface area contributed by atoms with Crippen molar-refractivity contribution in [3.8, 4) is 5.75 Å². The van der Waals surface area contributed by atoms with Crippen molar-refractivity contribution in [2.45, 2.75) is 45.8 Å². The number of benzene rings is 1. The number of nitrogens with two attached hydrogens (primary N) is 1. The fraction of sp³-hybridized carbons (Fsp3) is 0.562. The Hall–Kier alpha value is -1.91. The standard InChI is InChI=1S/C16H24N2O3/c1-11-9-12(17)5-6-14(11)20-13-7-8-18(10-13)15(19)21-16(2,3)4/h5-6,9,13H,7-8,10,17H2,1-4H3/t13-/m0/s1. The van der Waals surface area contributed by atoms with E-state index in [1.54, 1.807) is 4.90 Å². The van der Waals surface area contributed by atoms with Crippen LogP contribution in [0.2, 0.25) is 0 Å². The van der Waals surface area contributed by atoms with Crippen LogP contribution in [0.25, 0.3) is 0 Å². The molecule has 2 N–H and O–H groups in total. The van der Waals surface area contributed by atoms with E-state index in [0.717, 1.165) is 23.4 Å². The summed E-state index contributed by atoms with van der Waals surface area (Å²) in [6, 6.07) is 5.58. The number of hydrogen-bond acceptors (Lipinski definition) is 4. The zero-order valence-corrected chi connectivity index (χ0v) is 13.2. The zero-order chi connectivity index (χ0) is 15.6. The zero-order valence-electron chi connectivity index (χ0n) is 13.2. The van der Waals surface area contributed by atoms with Crippen LogP contribution in [-0.4, -0.2) is 35.8 Å². The van der Waals surface area contributed by atoms with E-state index in [0.29, 0.717) is 13.1 Å². The highest BCUT2D eigenvalue weighted by atomic mass is 16.6. The molecule has 1 fully saturated rings. The normalized spacial score (nSPS) is 18.7. The predicted molar refractivity (Wildman–Crippen MR) is 82.4 cm³/mol. The molecule has 0 unspecified atom stereocenters. The van der Waals surface area contributed by atoms with Crippen molar-refractivity contribution < 1.29 is 14.3 Å². The molecule has 0 spiro atoms. The quantitative estimate of drug-likeness (QED) is 0.851. The molecule has 1 atom stereocenters. The summed E-state index contributed by atoms with van der Waals surface area (Å²) in [5.74, 6) is 0.820. The van der Waals surface area contributed by atoms with E-state index >= 15 is 0 Å². The van der Waals surface area contributed by atoms with Crippen LogP contribution in [0.5, 0.6) is 5.75 Å². The molecule has 116 valence electrons. The second-order valence-corrected chi connectivity index (χ2v) is 6.48. The number of anilines is 1. The molecular formula is C16H24N2O3. The molecule has 1 aliphatic heterocycles. The second kappa shape index (κ2) is 5.84. The SMILES string of the molecule is Cc1cc(N)ccc1O[C@H]1CCN(C(=O)OC(C)(C)C)C1. The highest BCUT2D eigenvalue weighted by Crippen LogP contribution is 2.24. The number of carbonyl (C=O) groups excluding carboxylic acids is 1. The third kappa shape index (κ3) is 4.28. The number of hydrogen-bond donors (Lipinski definition) is 1. The maximum absolute atomic E-state index is 12.0.